The quantitative estimate of drug-likeness (QED) is 0.364. The Hall–Kier alpha value is -0.450. The van der Waals surface area contributed by atoms with Crippen molar-refractivity contribution in [2.24, 2.45) is 5.41 Å². The summed E-state index contributed by atoms with van der Waals surface area (Å²) in [4.78, 5) is 14.1. The Labute approximate surface area is 157 Å². The van der Waals surface area contributed by atoms with Crippen molar-refractivity contribution < 1.29 is 13.2 Å². The van der Waals surface area contributed by atoms with Crippen molar-refractivity contribution in [3.63, 3.8) is 0 Å². The van der Waals surface area contributed by atoms with E-state index in [0.717, 1.165) is 4.47 Å². The summed E-state index contributed by atoms with van der Waals surface area (Å²) in [5, 5.41) is 2.15. The lowest BCUT2D eigenvalue weighted by Crippen LogP contribution is -2.50. The summed E-state index contributed by atoms with van der Waals surface area (Å²) in [5.74, 6) is -0.483. The minimum absolute atomic E-state index is 0.0389. The first-order valence-corrected chi connectivity index (χ1v) is 9.69. The number of carbonyl (C=O) groups is 1. The van der Waals surface area contributed by atoms with Gasteiger partial charge in [0, 0.05) is 4.47 Å². The Bertz CT molecular complexity index is 755. The highest BCUT2D eigenvalue weighted by molar-refractivity contribution is 9.10. The normalized spacial score (nSPS) is 22.3. The number of amides is 1. The van der Waals surface area contributed by atoms with Crippen LogP contribution in [0.5, 0.6) is 0 Å². The Kier molecular flexibility index (Phi) is 5.30. The zero-order valence-electron chi connectivity index (χ0n) is 11.7. The predicted octanol–water partition coefficient (Wildman–Crippen LogP) is 2.22. The zero-order valence-corrected chi connectivity index (χ0v) is 16.4. The average molecular weight is 461 g/mol. The Morgan fingerprint density at radius 3 is 2.30 bits per heavy atom. The number of rotatable bonds is 4. The third kappa shape index (κ3) is 4.15. The number of hydrogen-bond donors (Lipinski definition) is 3. The number of carbonyl (C=O) groups excluding carboxylic acids is 1. The molecule has 6 nitrogen and oxygen atoms in total. The van der Waals surface area contributed by atoms with Gasteiger partial charge in [-0.25, -0.2) is 8.42 Å². The molecular weight excluding hydrogens is 449 g/mol. The van der Waals surface area contributed by atoms with Gasteiger partial charge in [-0.15, -0.1) is 28.0 Å². The summed E-state index contributed by atoms with van der Waals surface area (Å²) >= 11 is 19.9. The number of hydrazine groups is 1. The molecule has 126 valence electrons. The van der Waals surface area contributed by atoms with E-state index in [1.165, 1.54) is 12.1 Å². The van der Waals surface area contributed by atoms with Gasteiger partial charge in [-0.3, -0.25) is 10.2 Å². The molecule has 2 rings (SSSR count). The molecule has 0 heterocycles. The zero-order chi connectivity index (χ0) is 17.5. The summed E-state index contributed by atoms with van der Waals surface area (Å²) in [6.07, 6.45) is 0.294. The highest BCUT2D eigenvalue weighted by atomic mass is 79.9. The summed E-state index contributed by atoms with van der Waals surface area (Å²) in [6.45, 7) is 1.59. The van der Waals surface area contributed by atoms with Crippen LogP contribution < -0.4 is 15.6 Å². The van der Waals surface area contributed by atoms with Crippen molar-refractivity contribution in [3.05, 3.63) is 28.7 Å². The van der Waals surface area contributed by atoms with Crippen molar-refractivity contribution in [1.82, 2.24) is 15.6 Å². The van der Waals surface area contributed by atoms with E-state index in [-0.39, 0.29) is 10.0 Å². The first-order valence-electron chi connectivity index (χ1n) is 6.25. The van der Waals surface area contributed by atoms with Crippen LogP contribution in [0.1, 0.15) is 13.3 Å². The Morgan fingerprint density at radius 1 is 1.30 bits per heavy atom. The van der Waals surface area contributed by atoms with Crippen LogP contribution in [0.2, 0.25) is 0 Å². The maximum atomic E-state index is 12.0. The molecule has 0 aliphatic heterocycles. The molecule has 1 aromatic carbocycles. The van der Waals surface area contributed by atoms with Crippen LogP contribution >= 0.6 is 51.3 Å². The van der Waals surface area contributed by atoms with Crippen molar-refractivity contribution in [1.29, 1.82) is 0 Å². The van der Waals surface area contributed by atoms with Gasteiger partial charge >= 0.3 is 0 Å². The van der Waals surface area contributed by atoms with Gasteiger partial charge in [-0.1, -0.05) is 15.9 Å². The second-order valence-electron chi connectivity index (χ2n) is 5.18. The number of sulfonamides is 1. The molecule has 23 heavy (non-hydrogen) atoms. The van der Waals surface area contributed by atoms with E-state index < -0.39 is 25.7 Å². The maximum Gasteiger partial charge on any atom is 0.257 e. The standard InChI is InChI=1S/C12H12BrCl2N3O3S2/c1-11(6-12(11,14)15)9(19)16-10(22)17-18-23(20,21)8-4-2-7(13)3-5-8/h2-5,18H,6H2,1H3,(H2,16,17,19,22)/t11-/m1/s1. The fraction of sp³-hybridized carbons (Fsp3) is 0.333. The van der Waals surface area contributed by atoms with Crippen molar-refractivity contribution >= 4 is 72.4 Å². The monoisotopic (exact) mass is 459 g/mol. The van der Waals surface area contributed by atoms with Crippen molar-refractivity contribution in [2.45, 2.75) is 22.6 Å². The third-order valence-corrected chi connectivity index (χ3v) is 6.51. The molecule has 11 heteroatoms. The molecule has 0 aromatic heterocycles. The maximum absolute atomic E-state index is 12.0. The first-order chi connectivity index (χ1) is 10.5. The third-order valence-electron chi connectivity index (χ3n) is 3.41. The SMILES string of the molecule is C[C@]1(C(=O)NC(=S)NNS(=O)(=O)c2ccc(Br)cc2)CC1(Cl)Cl. The lowest BCUT2D eigenvalue weighted by molar-refractivity contribution is -0.124. The first kappa shape index (κ1) is 18.9. The van der Waals surface area contributed by atoms with Crippen LogP contribution in [-0.4, -0.2) is 23.8 Å². The van der Waals surface area contributed by atoms with Gasteiger partial charge in [0.2, 0.25) is 5.91 Å². The van der Waals surface area contributed by atoms with Crippen LogP contribution in [0.15, 0.2) is 33.6 Å². The van der Waals surface area contributed by atoms with E-state index in [1.54, 1.807) is 19.1 Å². The van der Waals surface area contributed by atoms with Gasteiger partial charge in [-0.05, 0) is 49.8 Å². The second-order valence-corrected chi connectivity index (χ2v) is 9.67. The van der Waals surface area contributed by atoms with E-state index >= 15 is 0 Å². The van der Waals surface area contributed by atoms with Crippen LogP contribution in [0.25, 0.3) is 0 Å². The largest absolute Gasteiger partial charge is 0.302 e. The lowest BCUT2D eigenvalue weighted by Gasteiger charge is -2.15. The van der Waals surface area contributed by atoms with Crippen LogP contribution in [0.4, 0.5) is 0 Å². The van der Waals surface area contributed by atoms with Crippen LogP contribution in [-0.2, 0) is 14.8 Å². The van der Waals surface area contributed by atoms with Gasteiger partial charge in [0.15, 0.2) is 5.11 Å². The molecule has 1 fully saturated rings. The Balaban J connectivity index is 1.92. The summed E-state index contributed by atoms with van der Waals surface area (Å²) in [5.41, 5.74) is 1.31. The molecule has 0 bridgehead atoms. The average Bonchev–Trinajstić information content (AvgIpc) is 2.97. The van der Waals surface area contributed by atoms with Crippen molar-refractivity contribution in [3.8, 4) is 0 Å². The van der Waals surface area contributed by atoms with Crippen LogP contribution in [0, 0.1) is 5.41 Å². The lowest BCUT2D eigenvalue weighted by atomic mass is 10.1. The van der Waals surface area contributed by atoms with Gasteiger partial charge in [-0.2, -0.15) is 0 Å². The summed E-state index contributed by atoms with van der Waals surface area (Å²) in [7, 11) is -3.82. The molecule has 3 N–H and O–H groups in total. The molecule has 0 radical (unpaired) electrons. The van der Waals surface area contributed by atoms with E-state index in [0.29, 0.717) is 6.42 Å². The molecule has 1 atom stereocenters. The van der Waals surface area contributed by atoms with Crippen molar-refractivity contribution in [2.75, 3.05) is 0 Å². The summed E-state index contributed by atoms with van der Waals surface area (Å²) in [6, 6.07) is 6.00. The molecule has 1 aliphatic carbocycles. The van der Waals surface area contributed by atoms with Gasteiger partial charge < -0.3 is 5.32 Å². The minimum Gasteiger partial charge on any atom is -0.302 e. The number of nitrogens with one attached hydrogen (secondary N) is 3. The van der Waals surface area contributed by atoms with E-state index in [1.807, 2.05) is 0 Å². The molecule has 1 aliphatic rings. The molecular formula is C12H12BrCl2N3O3S2. The highest BCUT2D eigenvalue weighted by Crippen LogP contribution is 2.63. The van der Waals surface area contributed by atoms with Gasteiger partial charge in [0.25, 0.3) is 10.0 Å². The molecule has 0 saturated heterocycles. The van der Waals surface area contributed by atoms with E-state index in [2.05, 4.69) is 31.5 Å². The minimum atomic E-state index is -3.82. The number of alkyl halides is 2. The second kappa shape index (κ2) is 6.45. The summed E-state index contributed by atoms with van der Waals surface area (Å²) < 4.78 is 23.7. The van der Waals surface area contributed by atoms with E-state index in [4.69, 9.17) is 35.4 Å². The number of benzene rings is 1. The number of hydrogen-bond acceptors (Lipinski definition) is 4. The molecule has 0 unspecified atom stereocenters. The fourth-order valence-electron chi connectivity index (χ4n) is 1.70. The highest BCUT2D eigenvalue weighted by Gasteiger charge is 2.68. The fourth-order valence-corrected chi connectivity index (χ4v) is 3.73. The smallest absolute Gasteiger partial charge is 0.257 e. The molecule has 1 saturated carbocycles. The topological polar surface area (TPSA) is 87.3 Å². The van der Waals surface area contributed by atoms with Crippen LogP contribution in [0.3, 0.4) is 0 Å². The van der Waals surface area contributed by atoms with E-state index in [9.17, 15) is 13.2 Å². The predicted molar refractivity (Wildman–Crippen MR) is 95.5 cm³/mol. The van der Waals surface area contributed by atoms with Gasteiger partial charge in [0.05, 0.1) is 10.3 Å². The Morgan fingerprint density at radius 2 is 1.83 bits per heavy atom. The molecule has 1 aromatic rings. The number of halogens is 3. The van der Waals surface area contributed by atoms with Gasteiger partial charge in [0.1, 0.15) is 4.33 Å². The molecule has 0 spiro atoms. The number of thiocarbonyl (C=S) groups is 1. The molecule has 1 amide bonds.